The van der Waals surface area contributed by atoms with E-state index >= 15 is 0 Å². The van der Waals surface area contributed by atoms with Gasteiger partial charge in [-0.2, -0.15) is 0 Å². The molecule has 1 saturated heterocycles. The zero-order valence-corrected chi connectivity index (χ0v) is 11.3. The van der Waals surface area contributed by atoms with Gasteiger partial charge in [0, 0.05) is 18.3 Å². The number of likely N-dealkylation sites (N-methyl/N-ethyl adjacent to an activating group) is 1. The zero-order chi connectivity index (χ0) is 15.0. The van der Waals surface area contributed by atoms with Gasteiger partial charge >= 0.3 is 5.69 Å². The molecule has 0 unspecified atom stereocenters. The quantitative estimate of drug-likeness (QED) is 0.497. The molecule has 1 fully saturated rings. The van der Waals surface area contributed by atoms with Crippen LogP contribution in [0.25, 0.3) is 0 Å². The van der Waals surface area contributed by atoms with Gasteiger partial charge in [-0.1, -0.05) is 0 Å². The maximum Gasteiger partial charge on any atom is 0.314 e. The molecule has 1 aliphatic heterocycles. The van der Waals surface area contributed by atoms with E-state index in [-0.39, 0.29) is 23.8 Å². The summed E-state index contributed by atoms with van der Waals surface area (Å²) in [5.74, 6) is -0.710. The maximum atomic E-state index is 11.8. The molecule has 1 aliphatic rings. The molecule has 0 radical (unpaired) electrons. The van der Waals surface area contributed by atoms with Crippen LogP contribution in [0, 0.1) is 24.0 Å². The molecule has 0 aliphatic carbocycles. The van der Waals surface area contributed by atoms with E-state index in [2.05, 4.69) is 10.3 Å². The number of nitrogens with one attached hydrogen (secondary N) is 1. The van der Waals surface area contributed by atoms with Crippen molar-refractivity contribution in [1.29, 1.82) is 0 Å². The zero-order valence-electron chi connectivity index (χ0n) is 11.3. The molecule has 1 aromatic heterocycles. The van der Waals surface area contributed by atoms with Crippen molar-refractivity contribution in [3.8, 4) is 0 Å². The van der Waals surface area contributed by atoms with Gasteiger partial charge in [-0.3, -0.25) is 24.6 Å². The summed E-state index contributed by atoms with van der Waals surface area (Å²) >= 11 is 0. The number of nitro groups is 1. The summed E-state index contributed by atoms with van der Waals surface area (Å²) in [4.78, 5) is 38.9. The normalized spacial score (nSPS) is 18.6. The van der Waals surface area contributed by atoms with Crippen LogP contribution in [0.3, 0.4) is 0 Å². The summed E-state index contributed by atoms with van der Waals surface area (Å²) in [5.41, 5.74) is 0.876. The van der Waals surface area contributed by atoms with Crippen LogP contribution in [-0.4, -0.2) is 39.7 Å². The van der Waals surface area contributed by atoms with Crippen LogP contribution in [0.2, 0.25) is 0 Å². The molecular weight excluding hydrogens is 264 g/mol. The number of likely N-dealkylation sites (tertiary alicyclic amines) is 1. The van der Waals surface area contributed by atoms with Crippen LogP contribution >= 0.6 is 0 Å². The number of carbonyl (C=O) groups excluding carboxylic acids is 2. The molecule has 2 amide bonds. The van der Waals surface area contributed by atoms with Gasteiger partial charge in [-0.25, -0.2) is 4.98 Å². The van der Waals surface area contributed by atoms with E-state index in [4.69, 9.17) is 0 Å². The van der Waals surface area contributed by atoms with Crippen molar-refractivity contribution < 1.29 is 14.5 Å². The lowest BCUT2D eigenvalue weighted by atomic mass is 10.2. The highest BCUT2D eigenvalue weighted by molar-refractivity contribution is 6.06. The Kier molecular flexibility index (Phi) is 3.39. The second-order valence-electron chi connectivity index (χ2n) is 4.73. The van der Waals surface area contributed by atoms with Crippen LogP contribution in [-0.2, 0) is 9.59 Å². The van der Waals surface area contributed by atoms with Crippen LogP contribution in [0.4, 0.5) is 11.5 Å². The van der Waals surface area contributed by atoms with Gasteiger partial charge in [0.2, 0.25) is 11.7 Å². The van der Waals surface area contributed by atoms with Crippen molar-refractivity contribution in [3.05, 3.63) is 27.4 Å². The number of pyridine rings is 1. The first kappa shape index (κ1) is 13.9. The third-order valence-corrected chi connectivity index (χ3v) is 3.19. The minimum atomic E-state index is -0.806. The summed E-state index contributed by atoms with van der Waals surface area (Å²) in [6, 6.07) is 0.789. The highest BCUT2D eigenvalue weighted by atomic mass is 16.6. The minimum Gasteiger partial charge on any atom is -0.352 e. The summed E-state index contributed by atoms with van der Waals surface area (Å²) in [6.45, 7) is 3.31. The van der Waals surface area contributed by atoms with Gasteiger partial charge < -0.3 is 5.32 Å². The number of aromatic nitrogens is 1. The standard InChI is InChI=1S/C12H14N4O4/c1-6-4-7(2)13-11(10(6)16(19)20)14-8-5-9(17)15(3)12(8)18/h4,8H,5H2,1-3H3,(H,13,14)/t8-/m1/s1. The molecule has 8 nitrogen and oxygen atoms in total. The predicted octanol–water partition coefficient (Wildman–Crippen LogP) is 0.776. The number of hydrogen-bond donors (Lipinski definition) is 1. The molecule has 106 valence electrons. The second kappa shape index (κ2) is 4.87. The van der Waals surface area contributed by atoms with Gasteiger partial charge in [0.15, 0.2) is 0 Å². The number of amides is 2. The summed E-state index contributed by atoms with van der Waals surface area (Å²) in [7, 11) is 1.38. The second-order valence-corrected chi connectivity index (χ2v) is 4.73. The first-order chi connectivity index (χ1) is 9.31. The molecule has 1 atom stereocenters. The predicted molar refractivity (Wildman–Crippen MR) is 70.2 cm³/mol. The Hall–Kier alpha value is -2.51. The summed E-state index contributed by atoms with van der Waals surface area (Å²) in [5, 5.41) is 13.8. The first-order valence-corrected chi connectivity index (χ1v) is 6.01. The van der Waals surface area contributed by atoms with Crippen molar-refractivity contribution in [3.63, 3.8) is 0 Å². The Morgan fingerprint density at radius 3 is 2.60 bits per heavy atom. The van der Waals surface area contributed by atoms with E-state index in [0.717, 1.165) is 4.90 Å². The summed E-state index contributed by atoms with van der Waals surface area (Å²) < 4.78 is 0. The SMILES string of the molecule is Cc1cc(C)c([N+](=O)[O-])c(N[C@@H]2CC(=O)N(C)C2=O)n1. The molecule has 0 aromatic carbocycles. The molecule has 2 rings (SSSR count). The van der Waals surface area contributed by atoms with E-state index in [9.17, 15) is 19.7 Å². The van der Waals surface area contributed by atoms with E-state index < -0.39 is 16.9 Å². The number of hydrogen-bond acceptors (Lipinski definition) is 6. The lowest BCUT2D eigenvalue weighted by molar-refractivity contribution is -0.384. The number of nitrogens with zero attached hydrogens (tertiary/aromatic N) is 3. The molecule has 0 bridgehead atoms. The number of anilines is 1. The monoisotopic (exact) mass is 278 g/mol. The average Bonchev–Trinajstić information content (AvgIpc) is 2.55. The third kappa shape index (κ3) is 2.31. The topological polar surface area (TPSA) is 105 Å². The largest absolute Gasteiger partial charge is 0.352 e. The fraction of sp³-hybridized carbons (Fsp3) is 0.417. The first-order valence-electron chi connectivity index (χ1n) is 6.01. The molecule has 1 N–H and O–H groups in total. The molecule has 2 heterocycles. The fourth-order valence-corrected chi connectivity index (χ4v) is 2.19. The Morgan fingerprint density at radius 2 is 2.10 bits per heavy atom. The molecular formula is C12H14N4O4. The minimum absolute atomic E-state index is 0.0222. The Morgan fingerprint density at radius 1 is 1.45 bits per heavy atom. The highest BCUT2D eigenvalue weighted by Crippen LogP contribution is 2.28. The molecule has 20 heavy (non-hydrogen) atoms. The van der Waals surface area contributed by atoms with Crippen LogP contribution in [0.1, 0.15) is 17.7 Å². The van der Waals surface area contributed by atoms with Gasteiger partial charge in [0.1, 0.15) is 6.04 Å². The van der Waals surface area contributed by atoms with E-state index in [0.29, 0.717) is 11.3 Å². The van der Waals surface area contributed by atoms with Crippen molar-refractivity contribution in [2.24, 2.45) is 0 Å². The number of rotatable bonds is 3. The lowest BCUT2D eigenvalue weighted by Gasteiger charge is -2.13. The van der Waals surface area contributed by atoms with Gasteiger partial charge in [0.25, 0.3) is 5.91 Å². The fourth-order valence-electron chi connectivity index (χ4n) is 2.19. The van der Waals surface area contributed by atoms with Crippen LogP contribution < -0.4 is 5.32 Å². The average molecular weight is 278 g/mol. The van der Waals surface area contributed by atoms with E-state index in [1.807, 2.05) is 0 Å². The number of carbonyl (C=O) groups is 2. The molecule has 0 spiro atoms. The van der Waals surface area contributed by atoms with Crippen LogP contribution in [0.15, 0.2) is 6.07 Å². The Bertz CT molecular complexity index is 614. The van der Waals surface area contributed by atoms with Crippen molar-refractivity contribution in [2.75, 3.05) is 12.4 Å². The molecule has 1 aromatic rings. The highest BCUT2D eigenvalue weighted by Gasteiger charge is 2.37. The van der Waals surface area contributed by atoms with Crippen LogP contribution in [0.5, 0.6) is 0 Å². The van der Waals surface area contributed by atoms with Crippen molar-refractivity contribution in [1.82, 2.24) is 9.88 Å². The Balaban J connectivity index is 2.37. The Labute approximate surface area is 114 Å². The molecule has 0 saturated carbocycles. The van der Waals surface area contributed by atoms with Gasteiger partial charge in [-0.15, -0.1) is 0 Å². The van der Waals surface area contributed by atoms with E-state index in [1.165, 1.54) is 7.05 Å². The number of imide groups is 1. The van der Waals surface area contributed by atoms with Gasteiger partial charge in [0.05, 0.1) is 11.3 Å². The summed E-state index contributed by atoms with van der Waals surface area (Å²) in [6.07, 6.45) is -0.0266. The van der Waals surface area contributed by atoms with E-state index in [1.54, 1.807) is 19.9 Å². The smallest absolute Gasteiger partial charge is 0.314 e. The molecule has 8 heteroatoms. The number of aryl methyl sites for hydroxylation is 2. The maximum absolute atomic E-state index is 11.8. The van der Waals surface area contributed by atoms with Gasteiger partial charge in [-0.05, 0) is 19.9 Å². The van der Waals surface area contributed by atoms with Crippen molar-refractivity contribution in [2.45, 2.75) is 26.3 Å². The van der Waals surface area contributed by atoms with Crippen molar-refractivity contribution >= 4 is 23.3 Å². The third-order valence-electron chi connectivity index (χ3n) is 3.19. The lowest BCUT2D eigenvalue weighted by Crippen LogP contribution is -2.32.